The van der Waals surface area contributed by atoms with Gasteiger partial charge in [-0.2, -0.15) is 0 Å². The third kappa shape index (κ3) is 7.92. The zero-order valence-electron chi connectivity index (χ0n) is 16.5. The van der Waals surface area contributed by atoms with E-state index in [4.69, 9.17) is 0 Å². The fourth-order valence-electron chi connectivity index (χ4n) is 2.51. The Morgan fingerprint density at radius 1 is 1.07 bits per heavy atom. The molecule has 152 valence electrons. The van der Waals surface area contributed by atoms with Gasteiger partial charge in [0.05, 0.1) is 11.3 Å². The number of thioether (sulfide) groups is 1. The molecule has 28 heavy (non-hydrogen) atoms. The standard InChI is InChI=1S/C21H27N3O2S.ClH/c1-4-22-13-16-8-7-9-17(12-16)24-21(26)18-10-5-6-11-19(18)27-14-20(25)23-15(2)3;/h5-12,15,22H,4,13-14H2,1-3H3,(H,23,25)(H,24,26);1H. The topological polar surface area (TPSA) is 70.2 Å². The second-order valence-corrected chi connectivity index (χ2v) is 7.46. The molecule has 0 spiro atoms. The maximum absolute atomic E-state index is 12.7. The lowest BCUT2D eigenvalue weighted by Gasteiger charge is -2.12. The van der Waals surface area contributed by atoms with Crippen molar-refractivity contribution in [3.05, 3.63) is 59.7 Å². The van der Waals surface area contributed by atoms with Crippen LogP contribution in [0.5, 0.6) is 0 Å². The van der Waals surface area contributed by atoms with Crippen molar-refractivity contribution >= 4 is 41.7 Å². The van der Waals surface area contributed by atoms with Gasteiger partial charge in [0, 0.05) is 23.2 Å². The number of rotatable bonds is 9. The summed E-state index contributed by atoms with van der Waals surface area (Å²) in [5.41, 5.74) is 2.44. The number of carbonyl (C=O) groups excluding carboxylic acids is 2. The van der Waals surface area contributed by atoms with Crippen LogP contribution in [0.4, 0.5) is 5.69 Å². The largest absolute Gasteiger partial charge is 0.353 e. The Kier molecular flexibility index (Phi) is 10.7. The normalized spacial score (nSPS) is 10.3. The first-order valence-electron chi connectivity index (χ1n) is 9.11. The SMILES string of the molecule is CCNCc1cccc(NC(=O)c2ccccc2SCC(=O)NC(C)C)c1.Cl. The summed E-state index contributed by atoms with van der Waals surface area (Å²) in [6, 6.07) is 15.2. The van der Waals surface area contributed by atoms with Crippen LogP contribution >= 0.6 is 24.2 Å². The second kappa shape index (κ2) is 12.4. The van der Waals surface area contributed by atoms with Crippen LogP contribution in [0.25, 0.3) is 0 Å². The monoisotopic (exact) mass is 421 g/mol. The fraction of sp³-hybridized carbons (Fsp3) is 0.333. The lowest BCUT2D eigenvalue weighted by atomic mass is 10.1. The van der Waals surface area contributed by atoms with Crippen LogP contribution in [0.3, 0.4) is 0 Å². The number of benzene rings is 2. The van der Waals surface area contributed by atoms with Crippen molar-refractivity contribution in [2.45, 2.75) is 38.3 Å². The number of hydrogen-bond acceptors (Lipinski definition) is 4. The van der Waals surface area contributed by atoms with Crippen LogP contribution in [0.15, 0.2) is 53.4 Å². The molecule has 0 heterocycles. The van der Waals surface area contributed by atoms with Crippen LogP contribution in [-0.2, 0) is 11.3 Å². The molecular formula is C21H28ClN3O2S. The van der Waals surface area contributed by atoms with Gasteiger partial charge in [0.1, 0.15) is 0 Å². The third-order valence-electron chi connectivity index (χ3n) is 3.70. The van der Waals surface area contributed by atoms with Gasteiger partial charge < -0.3 is 16.0 Å². The Morgan fingerprint density at radius 3 is 2.54 bits per heavy atom. The van der Waals surface area contributed by atoms with Gasteiger partial charge in [0.15, 0.2) is 0 Å². The zero-order valence-corrected chi connectivity index (χ0v) is 18.1. The van der Waals surface area contributed by atoms with Gasteiger partial charge in [-0.25, -0.2) is 0 Å². The zero-order chi connectivity index (χ0) is 19.6. The van der Waals surface area contributed by atoms with Crippen LogP contribution in [0.2, 0.25) is 0 Å². The molecule has 7 heteroatoms. The van der Waals surface area contributed by atoms with Gasteiger partial charge in [-0.15, -0.1) is 24.2 Å². The van der Waals surface area contributed by atoms with Crippen molar-refractivity contribution in [2.24, 2.45) is 0 Å². The minimum Gasteiger partial charge on any atom is -0.353 e. The Bertz CT molecular complexity index is 784. The Labute approximate surface area is 177 Å². The number of halogens is 1. The lowest BCUT2D eigenvalue weighted by molar-refractivity contribution is -0.119. The summed E-state index contributed by atoms with van der Waals surface area (Å²) in [6.45, 7) is 7.56. The molecule has 0 aliphatic carbocycles. The van der Waals surface area contributed by atoms with E-state index in [2.05, 4.69) is 22.9 Å². The molecule has 2 aromatic rings. The van der Waals surface area contributed by atoms with Gasteiger partial charge >= 0.3 is 0 Å². The van der Waals surface area contributed by atoms with Gasteiger partial charge in [0.25, 0.3) is 5.91 Å². The molecule has 0 aromatic heterocycles. The number of anilines is 1. The smallest absolute Gasteiger partial charge is 0.256 e. The van der Waals surface area contributed by atoms with Crippen molar-refractivity contribution in [3.63, 3.8) is 0 Å². The second-order valence-electron chi connectivity index (χ2n) is 6.44. The summed E-state index contributed by atoms with van der Waals surface area (Å²) in [7, 11) is 0. The summed E-state index contributed by atoms with van der Waals surface area (Å²) < 4.78 is 0. The van der Waals surface area contributed by atoms with E-state index in [1.165, 1.54) is 11.8 Å². The van der Waals surface area contributed by atoms with E-state index in [1.54, 1.807) is 6.07 Å². The van der Waals surface area contributed by atoms with Crippen LogP contribution < -0.4 is 16.0 Å². The molecule has 0 radical (unpaired) electrons. The summed E-state index contributed by atoms with van der Waals surface area (Å²) >= 11 is 1.37. The highest BCUT2D eigenvalue weighted by Gasteiger charge is 2.13. The van der Waals surface area contributed by atoms with Gasteiger partial charge in [-0.3, -0.25) is 9.59 Å². The number of carbonyl (C=O) groups is 2. The van der Waals surface area contributed by atoms with E-state index >= 15 is 0 Å². The maximum Gasteiger partial charge on any atom is 0.256 e. The van der Waals surface area contributed by atoms with Gasteiger partial charge in [-0.1, -0.05) is 31.2 Å². The Balaban J connectivity index is 0.00000392. The number of amides is 2. The van der Waals surface area contributed by atoms with Crippen LogP contribution in [-0.4, -0.2) is 30.2 Å². The van der Waals surface area contributed by atoms with E-state index < -0.39 is 0 Å². The predicted octanol–water partition coefficient (Wildman–Crippen LogP) is 4.09. The summed E-state index contributed by atoms with van der Waals surface area (Å²) in [4.78, 5) is 25.4. The molecule has 0 aliphatic heterocycles. The molecule has 2 amide bonds. The van der Waals surface area contributed by atoms with E-state index in [-0.39, 0.29) is 36.0 Å². The van der Waals surface area contributed by atoms with Gasteiger partial charge in [-0.05, 0) is 50.2 Å². The van der Waals surface area contributed by atoms with Gasteiger partial charge in [0.2, 0.25) is 5.91 Å². The minimum atomic E-state index is -0.178. The molecule has 0 atom stereocenters. The van der Waals surface area contributed by atoms with Crippen molar-refractivity contribution in [1.29, 1.82) is 0 Å². The quantitative estimate of drug-likeness (QED) is 0.533. The molecule has 0 unspecified atom stereocenters. The molecule has 2 aromatic carbocycles. The van der Waals surface area contributed by atoms with Crippen LogP contribution in [0, 0.1) is 0 Å². The third-order valence-corrected chi connectivity index (χ3v) is 4.78. The van der Waals surface area contributed by atoms with Crippen molar-refractivity contribution in [3.8, 4) is 0 Å². The molecule has 0 saturated heterocycles. The predicted molar refractivity (Wildman–Crippen MR) is 119 cm³/mol. The average Bonchev–Trinajstić information content (AvgIpc) is 2.64. The maximum atomic E-state index is 12.7. The summed E-state index contributed by atoms with van der Waals surface area (Å²) in [5.74, 6) is 0.0602. The number of hydrogen-bond donors (Lipinski definition) is 3. The van der Waals surface area contributed by atoms with E-state index in [0.717, 1.165) is 29.2 Å². The highest BCUT2D eigenvalue weighted by molar-refractivity contribution is 8.00. The van der Waals surface area contributed by atoms with E-state index in [0.29, 0.717) is 5.56 Å². The summed E-state index contributed by atoms with van der Waals surface area (Å²) in [5, 5.41) is 9.09. The highest BCUT2D eigenvalue weighted by atomic mass is 35.5. The van der Waals surface area contributed by atoms with Crippen molar-refractivity contribution in [1.82, 2.24) is 10.6 Å². The first-order chi connectivity index (χ1) is 13.0. The molecule has 2 rings (SSSR count). The number of nitrogens with one attached hydrogen (secondary N) is 3. The van der Waals surface area contributed by atoms with Crippen molar-refractivity contribution < 1.29 is 9.59 Å². The fourth-order valence-corrected chi connectivity index (χ4v) is 3.37. The lowest BCUT2D eigenvalue weighted by Crippen LogP contribution is -2.31. The van der Waals surface area contributed by atoms with Crippen molar-refractivity contribution in [2.75, 3.05) is 17.6 Å². The first-order valence-corrected chi connectivity index (χ1v) is 10.1. The molecule has 0 aliphatic rings. The minimum absolute atomic E-state index is 0. The highest BCUT2D eigenvalue weighted by Crippen LogP contribution is 2.23. The van der Waals surface area contributed by atoms with Crippen LogP contribution in [0.1, 0.15) is 36.7 Å². The Morgan fingerprint density at radius 2 is 1.82 bits per heavy atom. The molecule has 0 bridgehead atoms. The Hall–Kier alpha value is -2.02. The summed E-state index contributed by atoms with van der Waals surface area (Å²) in [6.07, 6.45) is 0. The van der Waals surface area contributed by atoms with E-state index in [9.17, 15) is 9.59 Å². The van der Waals surface area contributed by atoms with E-state index in [1.807, 2.05) is 56.3 Å². The molecule has 0 fully saturated rings. The first kappa shape index (κ1) is 24.0. The average molecular weight is 422 g/mol. The molecule has 5 nitrogen and oxygen atoms in total. The molecule has 0 saturated carbocycles. The molecule has 3 N–H and O–H groups in total. The molecular weight excluding hydrogens is 394 g/mol.